The number of hydrogen-bond acceptors (Lipinski definition) is 4. The molecule has 0 radical (unpaired) electrons. The Morgan fingerprint density at radius 3 is 2.93 bits per heavy atom. The first-order valence-electron chi connectivity index (χ1n) is 4.61. The average Bonchev–Trinajstić information content (AvgIpc) is 2.18. The molecule has 0 fully saturated rings. The lowest BCUT2D eigenvalue weighted by molar-refractivity contribution is -0.117. The van der Waals surface area contributed by atoms with Gasteiger partial charge in [0.15, 0.2) is 0 Å². The molecule has 4 heteroatoms. The Morgan fingerprint density at radius 1 is 1.64 bits per heavy atom. The van der Waals surface area contributed by atoms with E-state index in [2.05, 4.69) is 16.9 Å². The van der Waals surface area contributed by atoms with Crippen LogP contribution >= 0.6 is 11.8 Å². The van der Waals surface area contributed by atoms with Crippen LogP contribution in [0.25, 0.3) is 0 Å². The van der Waals surface area contributed by atoms with Gasteiger partial charge in [0.05, 0.1) is 10.9 Å². The minimum atomic E-state index is 0.181. The first-order chi connectivity index (χ1) is 6.74. The van der Waals surface area contributed by atoms with Gasteiger partial charge >= 0.3 is 0 Å². The number of hydrogen-bond donors (Lipinski definition) is 0. The number of Topliss-reactive ketones (excluding diaryl/α,β-unsaturated/α-hetero) is 1. The summed E-state index contributed by atoms with van der Waals surface area (Å²) in [4.78, 5) is 19.1. The fraction of sp³-hybridized carbons (Fsp3) is 0.500. The molecule has 1 unspecified atom stereocenters. The monoisotopic (exact) mass is 210 g/mol. The van der Waals surface area contributed by atoms with E-state index in [1.807, 2.05) is 6.07 Å². The molecule has 1 aromatic rings. The van der Waals surface area contributed by atoms with Crippen molar-refractivity contribution in [3.8, 4) is 0 Å². The summed E-state index contributed by atoms with van der Waals surface area (Å²) < 4.78 is 0. The van der Waals surface area contributed by atoms with Gasteiger partial charge in [-0.05, 0) is 18.7 Å². The van der Waals surface area contributed by atoms with Crippen LogP contribution < -0.4 is 0 Å². The van der Waals surface area contributed by atoms with E-state index in [-0.39, 0.29) is 11.0 Å². The van der Waals surface area contributed by atoms with Crippen molar-refractivity contribution in [2.75, 3.05) is 5.75 Å². The molecule has 0 saturated carbocycles. The molecule has 0 aliphatic heterocycles. The zero-order chi connectivity index (χ0) is 10.4. The second kappa shape index (κ2) is 5.75. The Kier molecular flexibility index (Phi) is 4.59. The molecule has 0 aliphatic carbocycles. The van der Waals surface area contributed by atoms with Crippen molar-refractivity contribution in [2.24, 2.45) is 0 Å². The minimum absolute atomic E-state index is 0.181. The van der Waals surface area contributed by atoms with Crippen LogP contribution in [0.15, 0.2) is 18.6 Å². The molecule has 0 aromatic carbocycles. The lowest BCUT2D eigenvalue weighted by Crippen LogP contribution is -2.03. The Balaban J connectivity index is 2.72. The molecule has 1 rings (SSSR count). The highest BCUT2D eigenvalue weighted by Crippen LogP contribution is 2.30. The van der Waals surface area contributed by atoms with E-state index in [0.29, 0.717) is 6.42 Å². The van der Waals surface area contributed by atoms with Crippen molar-refractivity contribution in [1.29, 1.82) is 0 Å². The average molecular weight is 210 g/mol. The molecule has 3 nitrogen and oxygen atoms in total. The molecule has 14 heavy (non-hydrogen) atoms. The Labute approximate surface area is 88.3 Å². The van der Waals surface area contributed by atoms with Gasteiger partial charge < -0.3 is 0 Å². The van der Waals surface area contributed by atoms with Crippen LogP contribution in [0.3, 0.4) is 0 Å². The van der Waals surface area contributed by atoms with E-state index in [1.165, 1.54) is 6.33 Å². The van der Waals surface area contributed by atoms with Gasteiger partial charge in [-0.1, -0.05) is 6.92 Å². The number of nitrogens with zero attached hydrogens (tertiary/aromatic N) is 2. The lowest BCUT2D eigenvalue weighted by atomic mass is 10.2. The molecule has 0 bridgehead atoms. The van der Waals surface area contributed by atoms with Gasteiger partial charge in [0.2, 0.25) is 0 Å². The standard InChI is InChI=1S/C10H14N2OS/c1-3-14-10(6-8(2)13)9-4-5-11-7-12-9/h4-5,7,10H,3,6H2,1-2H3. The van der Waals surface area contributed by atoms with Crippen molar-refractivity contribution in [3.63, 3.8) is 0 Å². The number of carbonyl (C=O) groups is 1. The van der Waals surface area contributed by atoms with E-state index in [4.69, 9.17) is 0 Å². The fourth-order valence-electron chi connectivity index (χ4n) is 1.20. The van der Waals surface area contributed by atoms with Crippen LogP contribution in [0.2, 0.25) is 0 Å². The van der Waals surface area contributed by atoms with Crippen LogP contribution in [0.5, 0.6) is 0 Å². The van der Waals surface area contributed by atoms with Crippen LogP contribution in [0.4, 0.5) is 0 Å². The molecular formula is C10H14N2OS. The van der Waals surface area contributed by atoms with E-state index < -0.39 is 0 Å². The van der Waals surface area contributed by atoms with E-state index in [0.717, 1.165) is 11.4 Å². The smallest absolute Gasteiger partial charge is 0.131 e. The summed E-state index contributed by atoms with van der Waals surface area (Å²) in [5, 5.41) is 0.181. The summed E-state index contributed by atoms with van der Waals surface area (Å²) in [5.74, 6) is 1.19. The molecule has 0 N–H and O–H groups in total. The molecule has 1 heterocycles. The number of rotatable bonds is 5. The molecule has 0 saturated heterocycles. The second-order valence-electron chi connectivity index (χ2n) is 2.98. The molecule has 0 amide bonds. The molecule has 0 aliphatic rings. The van der Waals surface area contributed by atoms with Gasteiger partial charge in [0.1, 0.15) is 12.1 Å². The molecule has 1 atom stereocenters. The van der Waals surface area contributed by atoms with Crippen LogP contribution in [-0.4, -0.2) is 21.5 Å². The van der Waals surface area contributed by atoms with Crippen LogP contribution in [-0.2, 0) is 4.79 Å². The first-order valence-corrected chi connectivity index (χ1v) is 5.66. The summed E-state index contributed by atoms with van der Waals surface area (Å²) in [6.45, 7) is 3.70. The van der Waals surface area contributed by atoms with Crippen molar-refractivity contribution in [3.05, 3.63) is 24.3 Å². The summed E-state index contributed by atoms with van der Waals surface area (Å²) in [7, 11) is 0. The SMILES string of the molecule is CCSC(CC(C)=O)c1ccncn1. The van der Waals surface area contributed by atoms with Crippen LogP contribution in [0, 0.1) is 0 Å². The number of carbonyl (C=O) groups excluding carboxylic acids is 1. The topological polar surface area (TPSA) is 42.9 Å². The van der Waals surface area contributed by atoms with E-state index in [1.54, 1.807) is 24.9 Å². The third-order valence-corrected chi connectivity index (χ3v) is 2.92. The lowest BCUT2D eigenvalue weighted by Gasteiger charge is -2.12. The fourth-order valence-corrected chi connectivity index (χ4v) is 2.27. The van der Waals surface area contributed by atoms with Gasteiger partial charge in [0.25, 0.3) is 0 Å². The summed E-state index contributed by atoms with van der Waals surface area (Å²) in [6.07, 6.45) is 3.79. The largest absolute Gasteiger partial charge is 0.300 e. The normalized spacial score (nSPS) is 12.4. The van der Waals surface area contributed by atoms with Gasteiger partial charge in [-0.15, -0.1) is 0 Å². The van der Waals surface area contributed by atoms with Crippen molar-refractivity contribution < 1.29 is 4.79 Å². The Hall–Kier alpha value is -0.900. The molecule has 1 aromatic heterocycles. The molecule has 0 spiro atoms. The predicted octanol–water partition coefficient (Wildman–Crippen LogP) is 2.25. The number of thioether (sulfide) groups is 1. The summed E-state index contributed by atoms with van der Waals surface area (Å²) >= 11 is 1.75. The van der Waals surface area contributed by atoms with E-state index in [9.17, 15) is 4.79 Å². The third-order valence-electron chi connectivity index (χ3n) is 1.78. The summed E-state index contributed by atoms with van der Waals surface area (Å²) in [5.41, 5.74) is 0.946. The molecular weight excluding hydrogens is 196 g/mol. The van der Waals surface area contributed by atoms with Gasteiger partial charge in [0, 0.05) is 12.6 Å². The maximum atomic E-state index is 11.0. The first kappa shape index (κ1) is 11.2. The minimum Gasteiger partial charge on any atom is -0.300 e. The van der Waals surface area contributed by atoms with Crippen molar-refractivity contribution in [1.82, 2.24) is 9.97 Å². The van der Waals surface area contributed by atoms with Gasteiger partial charge in [-0.3, -0.25) is 4.79 Å². The van der Waals surface area contributed by atoms with Gasteiger partial charge in [-0.25, -0.2) is 9.97 Å². The zero-order valence-corrected chi connectivity index (χ0v) is 9.25. The second-order valence-corrected chi connectivity index (χ2v) is 4.46. The van der Waals surface area contributed by atoms with Crippen molar-refractivity contribution in [2.45, 2.75) is 25.5 Å². The maximum absolute atomic E-state index is 11.0. The molecule has 76 valence electrons. The third kappa shape index (κ3) is 3.46. The number of aromatic nitrogens is 2. The highest BCUT2D eigenvalue weighted by Gasteiger charge is 2.14. The van der Waals surface area contributed by atoms with Gasteiger partial charge in [-0.2, -0.15) is 11.8 Å². The maximum Gasteiger partial charge on any atom is 0.131 e. The quantitative estimate of drug-likeness (QED) is 0.747. The highest BCUT2D eigenvalue weighted by atomic mass is 32.2. The van der Waals surface area contributed by atoms with Crippen LogP contribution in [0.1, 0.15) is 31.2 Å². The zero-order valence-electron chi connectivity index (χ0n) is 8.43. The predicted molar refractivity (Wildman–Crippen MR) is 58.2 cm³/mol. The highest BCUT2D eigenvalue weighted by molar-refractivity contribution is 7.99. The van der Waals surface area contributed by atoms with Crippen molar-refractivity contribution >= 4 is 17.5 Å². The Bertz CT molecular complexity index is 289. The summed E-state index contributed by atoms with van der Waals surface area (Å²) in [6, 6.07) is 1.87. The number of ketones is 1. The van der Waals surface area contributed by atoms with E-state index >= 15 is 0 Å². The Morgan fingerprint density at radius 2 is 2.43 bits per heavy atom.